The van der Waals surface area contributed by atoms with Crippen LogP contribution in [0.3, 0.4) is 0 Å². The van der Waals surface area contributed by atoms with Gasteiger partial charge in [-0.2, -0.15) is 0 Å². The van der Waals surface area contributed by atoms with E-state index in [1.165, 1.54) is 24.5 Å². The van der Waals surface area contributed by atoms with Gasteiger partial charge >= 0.3 is 0 Å². The number of benzene rings is 1. The van der Waals surface area contributed by atoms with Gasteiger partial charge in [-0.1, -0.05) is 6.07 Å². The molecule has 0 radical (unpaired) electrons. The van der Waals surface area contributed by atoms with E-state index in [9.17, 15) is 9.18 Å². The number of methoxy groups -OCH3 is 1. The molecule has 1 amide bonds. The normalized spacial score (nSPS) is 10.5. The Hall–Kier alpha value is -3.00. The lowest BCUT2D eigenvalue weighted by atomic mass is 10.1. The van der Waals surface area contributed by atoms with Gasteiger partial charge in [0.25, 0.3) is 5.91 Å². The fourth-order valence-corrected chi connectivity index (χ4v) is 3.26. The molecule has 0 fully saturated rings. The highest BCUT2D eigenvalue weighted by Crippen LogP contribution is 2.26. The van der Waals surface area contributed by atoms with Gasteiger partial charge in [0.05, 0.1) is 22.6 Å². The summed E-state index contributed by atoms with van der Waals surface area (Å²) < 4.78 is 18.9. The topological polar surface area (TPSA) is 90.1 Å². The number of ether oxygens (including phenoxy) is 1. The van der Waals surface area contributed by atoms with Crippen molar-refractivity contribution in [3.05, 3.63) is 58.9 Å². The van der Waals surface area contributed by atoms with E-state index >= 15 is 0 Å². The molecule has 0 bridgehead atoms. The minimum absolute atomic E-state index is 0.184. The molecule has 2 heterocycles. The van der Waals surface area contributed by atoms with Crippen molar-refractivity contribution in [1.82, 2.24) is 15.3 Å². The molecule has 3 aromatic rings. The van der Waals surface area contributed by atoms with Crippen molar-refractivity contribution in [2.75, 3.05) is 19.4 Å². The fraction of sp³-hybridized carbons (Fsp3) is 0.167. The smallest absolute Gasteiger partial charge is 0.261 e. The Morgan fingerprint density at radius 1 is 1.31 bits per heavy atom. The zero-order valence-electron chi connectivity index (χ0n) is 14.0. The number of amides is 1. The van der Waals surface area contributed by atoms with Crippen LogP contribution in [0.5, 0.6) is 5.75 Å². The number of hydrogen-bond acceptors (Lipinski definition) is 6. The molecule has 3 N–H and O–H groups in total. The SMILES string of the molecule is COc1ccc(CCNC(=O)c2ccc(-c3ccnc(N)n3)s2)c(F)c1. The fourth-order valence-electron chi connectivity index (χ4n) is 2.36. The molecule has 0 unspecified atom stereocenters. The third kappa shape index (κ3) is 4.15. The van der Waals surface area contributed by atoms with Crippen LogP contribution in [0, 0.1) is 5.82 Å². The molecular formula is C18H17FN4O2S. The van der Waals surface area contributed by atoms with E-state index < -0.39 is 0 Å². The molecule has 0 aliphatic carbocycles. The van der Waals surface area contributed by atoms with Crippen LogP contribution in [0.25, 0.3) is 10.6 Å². The van der Waals surface area contributed by atoms with E-state index in [0.29, 0.717) is 34.8 Å². The maximum Gasteiger partial charge on any atom is 0.261 e. The first kappa shape index (κ1) is 17.8. The predicted molar refractivity (Wildman–Crippen MR) is 98.7 cm³/mol. The highest BCUT2D eigenvalue weighted by Gasteiger charge is 2.12. The summed E-state index contributed by atoms with van der Waals surface area (Å²) in [4.78, 5) is 21.6. The monoisotopic (exact) mass is 372 g/mol. The predicted octanol–water partition coefficient (Wildman–Crippen LogP) is 2.91. The standard InChI is InChI=1S/C18H17FN4O2S/c1-25-12-3-2-11(13(19)10-12)6-8-21-17(24)16-5-4-15(26-16)14-7-9-22-18(20)23-14/h2-5,7,9-10H,6,8H2,1H3,(H,21,24)(H2,20,22,23). The molecule has 1 aromatic carbocycles. The van der Waals surface area contributed by atoms with Crippen LogP contribution in [-0.4, -0.2) is 29.5 Å². The molecule has 0 aliphatic heterocycles. The number of nitrogens with zero attached hydrogens (tertiary/aromatic N) is 2. The molecule has 0 aliphatic rings. The Labute approximate surface area is 153 Å². The van der Waals surface area contributed by atoms with Crippen molar-refractivity contribution in [1.29, 1.82) is 0 Å². The van der Waals surface area contributed by atoms with Gasteiger partial charge in [0.1, 0.15) is 11.6 Å². The van der Waals surface area contributed by atoms with Crippen molar-refractivity contribution in [3.8, 4) is 16.3 Å². The molecule has 8 heteroatoms. The molecular weight excluding hydrogens is 355 g/mol. The van der Waals surface area contributed by atoms with Crippen molar-refractivity contribution >= 4 is 23.2 Å². The molecule has 3 rings (SSSR count). The number of rotatable bonds is 6. The van der Waals surface area contributed by atoms with E-state index in [0.717, 1.165) is 4.88 Å². The van der Waals surface area contributed by atoms with Gasteiger partial charge in [0, 0.05) is 18.8 Å². The molecule has 0 atom stereocenters. The van der Waals surface area contributed by atoms with E-state index in [1.807, 2.05) is 6.07 Å². The second kappa shape index (κ2) is 7.92. The van der Waals surface area contributed by atoms with Crippen LogP contribution < -0.4 is 15.8 Å². The summed E-state index contributed by atoms with van der Waals surface area (Å²) in [5.41, 5.74) is 6.77. The summed E-state index contributed by atoms with van der Waals surface area (Å²) in [6.07, 6.45) is 1.96. The van der Waals surface area contributed by atoms with E-state index in [4.69, 9.17) is 10.5 Å². The minimum Gasteiger partial charge on any atom is -0.497 e. The van der Waals surface area contributed by atoms with Crippen LogP contribution in [0.1, 0.15) is 15.2 Å². The zero-order valence-corrected chi connectivity index (χ0v) is 14.8. The van der Waals surface area contributed by atoms with Gasteiger partial charge in [-0.25, -0.2) is 14.4 Å². The summed E-state index contributed by atoms with van der Waals surface area (Å²) in [5.74, 6) is 0.0886. The number of halogens is 1. The van der Waals surface area contributed by atoms with Crippen LogP contribution in [0.4, 0.5) is 10.3 Å². The third-order valence-corrected chi connectivity index (χ3v) is 4.80. The highest BCUT2D eigenvalue weighted by molar-refractivity contribution is 7.17. The Morgan fingerprint density at radius 2 is 2.15 bits per heavy atom. The summed E-state index contributed by atoms with van der Waals surface area (Å²) in [5, 5.41) is 2.80. The largest absolute Gasteiger partial charge is 0.497 e. The third-order valence-electron chi connectivity index (χ3n) is 3.70. The number of carbonyl (C=O) groups excluding carboxylic acids is 1. The molecule has 0 spiro atoms. The van der Waals surface area contributed by atoms with Gasteiger partial charge in [0.15, 0.2) is 0 Å². The highest BCUT2D eigenvalue weighted by atomic mass is 32.1. The quantitative estimate of drug-likeness (QED) is 0.694. The first-order valence-corrected chi connectivity index (χ1v) is 8.68. The zero-order chi connectivity index (χ0) is 18.5. The summed E-state index contributed by atoms with van der Waals surface area (Å²) in [6.45, 7) is 0.329. The number of anilines is 1. The number of thiophene rings is 1. The van der Waals surface area contributed by atoms with Crippen LogP contribution in [-0.2, 0) is 6.42 Å². The maximum absolute atomic E-state index is 13.9. The Kier molecular flexibility index (Phi) is 5.43. The average Bonchev–Trinajstić information content (AvgIpc) is 3.13. The maximum atomic E-state index is 13.9. The summed E-state index contributed by atoms with van der Waals surface area (Å²) >= 11 is 1.31. The Bertz CT molecular complexity index is 929. The van der Waals surface area contributed by atoms with Gasteiger partial charge < -0.3 is 15.8 Å². The molecule has 2 aromatic heterocycles. The Balaban J connectivity index is 1.59. The number of aromatic nitrogens is 2. The number of hydrogen-bond donors (Lipinski definition) is 2. The number of nitrogens with one attached hydrogen (secondary N) is 1. The molecule has 0 saturated carbocycles. The van der Waals surface area contributed by atoms with Crippen molar-refractivity contribution < 1.29 is 13.9 Å². The van der Waals surface area contributed by atoms with E-state index in [1.54, 1.807) is 30.5 Å². The number of nitrogen functional groups attached to an aromatic ring is 1. The van der Waals surface area contributed by atoms with E-state index in [-0.39, 0.29) is 17.7 Å². The summed E-state index contributed by atoms with van der Waals surface area (Å²) in [6, 6.07) is 9.95. The lowest BCUT2D eigenvalue weighted by Gasteiger charge is -2.07. The number of carbonyl (C=O) groups is 1. The average molecular weight is 372 g/mol. The first-order chi connectivity index (χ1) is 12.6. The minimum atomic E-state index is -0.349. The van der Waals surface area contributed by atoms with Crippen LogP contribution >= 0.6 is 11.3 Å². The molecule has 6 nitrogen and oxygen atoms in total. The van der Waals surface area contributed by atoms with Crippen LogP contribution in [0.2, 0.25) is 0 Å². The van der Waals surface area contributed by atoms with Crippen molar-refractivity contribution in [2.45, 2.75) is 6.42 Å². The van der Waals surface area contributed by atoms with Gasteiger partial charge in [-0.05, 0) is 36.2 Å². The van der Waals surface area contributed by atoms with Crippen LogP contribution in [0.15, 0.2) is 42.6 Å². The molecule has 0 saturated heterocycles. The second-order valence-corrected chi connectivity index (χ2v) is 6.51. The summed E-state index contributed by atoms with van der Waals surface area (Å²) in [7, 11) is 1.49. The Morgan fingerprint density at radius 3 is 2.88 bits per heavy atom. The van der Waals surface area contributed by atoms with Crippen molar-refractivity contribution in [3.63, 3.8) is 0 Å². The molecule has 26 heavy (non-hydrogen) atoms. The van der Waals surface area contributed by atoms with Gasteiger partial charge in [-0.15, -0.1) is 11.3 Å². The second-order valence-electron chi connectivity index (χ2n) is 5.43. The lowest BCUT2D eigenvalue weighted by molar-refractivity contribution is 0.0958. The lowest BCUT2D eigenvalue weighted by Crippen LogP contribution is -2.25. The number of nitrogens with two attached hydrogens (primary N) is 1. The van der Waals surface area contributed by atoms with Gasteiger partial charge in [-0.3, -0.25) is 4.79 Å². The molecule has 134 valence electrons. The van der Waals surface area contributed by atoms with Gasteiger partial charge in [0.2, 0.25) is 5.95 Å². The van der Waals surface area contributed by atoms with E-state index in [2.05, 4.69) is 15.3 Å². The van der Waals surface area contributed by atoms with Crippen molar-refractivity contribution in [2.24, 2.45) is 0 Å². The first-order valence-electron chi connectivity index (χ1n) is 7.86.